The summed E-state index contributed by atoms with van der Waals surface area (Å²) in [6, 6.07) is 2.48. The normalized spacial score (nSPS) is 14.9. The highest BCUT2D eigenvalue weighted by Gasteiger charge is 2.30. The maximum Gasteiger partial charge on any atom is 0.225 e. The van der Waals surface area contributed by atoms with Gasteiger partial charge in [-0.25, -0.2) is 0 Å². The Morgan fingerprint density at radius 3 is 2.72 bits per heavy atom. The highest BCUT2D eigenvalue weighted by Crippen LogP contribution is 2.32. The van der Waals surface area contributed by atoms with Crippen LogP contribution in [0.1, 0.15) is 33.1 Å². The van der Waals surface area contributed by atoms with E-state index in [4.69, 9.17) is 10.5 Å². The maximum absolute atomic E-state index is 5.72. The molecule has 0 atom stereocenters. The smallest absolute Gasteiger partial charge is 0.225 e. The lowest BCUT2D eigenvalue weighted by Gasteiger charge is -2.24. The standard InChI is InChI=1S/C13H22N4O/c1-9(2)6-7-17(10-4-5-10)11-8-12(18-3)16-13(14)15-11/h8-10H,4-7H2,1-3H3,(H2,14,15,16). The van der Waals surface area contributed by atoms with E-state index in [-0.39, 0.29) is 5.95 Å². The van der Waals surface area contributed by atoms with E-state index in [1.807, 2.05) is 6.07 Å². The van der Waals surface area contributed by atoms with Crippen LogP contribution in [0.25, 0.3) is 0 Å². The van der Waals surface area contributed by atoms with Crippen LogP contribution in [0.15, 0.2) is 6.07 Å². The van der Waals surface area contributed by atoms with E-state index in [0.29, 0.717) is 17.8 Å². The quantitative estimate of drug-likeness (QED) is 0.837. The summed E-state index contributed by atoms with van der Waals surface area (Å²) in [5.41, 5.74) is 5.72. The fourth-order valence-corrected chi connectivity index (χ4v) is 1.95. The lowest BCUT2D eigenvalue weighted by molar-refractivity contribution is 0.397. The molecule has 1 aliphatic carbocycles. The van der Waals surface area contributed by atoms with Gasteiger partial charge in [0.15, 0.2) is 0 Å². The van der Waals surface area contributed by atoms with Crippen molar-refractivity contribution in [1.29, 1.82) is 0 Å². The van der Waals surface area contributed by atoms with Gasteiger partial charge in [-0.05, 0) is 25.2 Å². The largest absolute Gasteiger partial charge is 0.481 e. The lowest BCUT2D eigenvalue weighted by atomic mass is 10.1. The molecule has 0 aliphatic heterocycles. The van der Waals surface area contributed by atoms with Crippen molar-refractivity contribution in [3.63, 3.8) is 0 Å². The van der Waals surface area contributed by atoms with Gasteiger partial charge in [-0.1, -0.05) is 13.8 Å². The third-order valence-corrected chi connectivity index (χ3v) is 3.14. The van der Waals surface area contributed by atoms with Crippen LogP contribution in [0.5, 0.6) is 5.88 Å². The fraction of sp³-hybridized carbons (Fsp3) is 0.692. The number of nitrogen functional groups attached to an aromatic ring is 1. The van der Waals surface area contributed by atoms with Gasteiger partial charge in [0.2, 0.25) is 11.8 Å². The maximum atomic E-state index is 5.72. The molecule has 1 aromatic rings. The molecular formula is C13H22N4O. The Hall–Kier alpha value is -1.52. The molecule has 0 amide bonds. The van der Waals surface area contributed by atoms with E-state index >= 15 is 0 Å². The van der Waals surface area contributed by atoms with E-state index in [2.05, 4.69) is 28.7 Å². The summed E-state index contributed by atoms with van der Waals surface area (Å²) in [6.07, 6.45) is 3.64. The summed E-state index contributed by atoms with van der Waals surface area (Å²) in [7, 11) is 1.60. The van der Waals surface area contributed by atoms with Crippen molar-refractivity contribution in [2.45, 2.75) is 39.2 Å². The highest BCUT2D eigenvalue weighted by atomic mass is 16.5. The highest BCUT2D eigenvalue weighted by molar-refractivity contribution is 5.47. The molecule has 1 saturated carbocycles. The second-order valence-corrected chi connectivity index (χ2v) is 5.23. The van der Waals surface area contributed by atoms with Gasteiger partial charge in [0.25, 0.3) is 0 Å². The molecular weight excluding hydrogens is 228 g/mol. The number of nitrogens with two attached hydrogens (primary N) is 1. The SMILES string of the molecule is COc1cc(N(CCC(C)C)C2CC2)nc(N)n1. The second kappa shape index (κ2) is 5.42. The molecule has 1 aliphatic rings. The van der Waals surface area contributed by atoms with Crippen molar-refractivity contribution in [3.8, 4) is 5.88 Å². The lowest BCUT2D eigenvalue weighted by Crippen LogP contribution is -2.29. The third kappa shape index (κ3) is 3.24. The Balaban J connectivity index is 2.16. The van der Waals surface area contributed by atoms with Crippen molar-refractivity contribution in [1.82, 2.24) is 9.97 Å². The fourth-order valence-electron chi connectivity index (χ4n) is 1.95. The minimum Gasteiger partial charge on any atom is -0.481 e. The first-order valence-corrected chi connectivity index (χ1v) is 6.55. The number of ether oxygens (including phenoxy) is 1. The number of hydrogen-bond acceptors (Lipinski definition) is 5. The molecule has 1 heterocycles. The molecule has 2 N–H and O–H groups in total. The van der Waals surface area contributed by atoms with Crippen LogP contribution in [-0.2, 0) is 0 Å². The van der Waals surface area contributed by atoms with Crippen molar-refractivity contribution < 1.29 is 4.74 Å². The first-order valence-electron chi connectivity index (χ1n) is 6.55. The molecule has 0 saturated heterocycles. The molecule has 0 bridgehead atoms. The van der Waals surface area contributed by atoms with Gasteiger partial charge >= 0.3 is 0 Å². The number of anilines is 2. The molecule has 0 unspecified atom stereocenters. The van der Waals surface area contributed by atoms with Gasteiger partial charge in [0, 0.05) is 18.7 Å². The van der Waals surface area contributed by atoms with E-state index in [1.165, 1.54) is 12.8 Å². The van der Waals surface area contributed by atoms with Gasteiger partial charge in [-0.3, -0.25) is 0 Å². The molecule has 18 heavy (non-hydrogen) atoms. The minimum absolute atomic E-state index is 0.277. The zero-order valence-electron chi connectivity index (χ0n) is 11.4. The second-order valence-electron chi connectivity index (χ2n) is 5.23. The average Bonchev–Trinajstić information content (AvgIpc) is 3.12. The molecule has 5 nitrogen and oxygen atoms in total. The Morgan fingerprint density at radius 1 is 1.44 bits per heavy atom. The number of nitrogens with zero attached hydrogens (tertiary/aromatic N) is 3. The number of hydrogen-bond donors (Lipinski definition) is 1. The summed E-state index contributed by atoms with van der Waals surface area (Å²) in [4.78, 5) is 10.7. The van der Waals surface area contributed by atoms with E-state index in [0.717, 1.165) is 18.8 Å². The van der Waals surface area contributed by atoms with Gasteiger partial charge in [-0.15, -0.1) is 0 Å². The third-order valence-electron chi connectivity index (χ3n) is 3.14. The molecule has 0 spiro atoms. The van der Waals surface area contributed by atoms with Crippen LogP contribution < -0.4 is 15.4 Å². The topological polar surface area (TPSA) is 64.3 Å². The molecule has 5 heteroatoms. The molecule has 0 aromatic carbocycles. The van der Waals surface area contributed by atoms with Crippen LogP contribution in [0, 0.1) is 5.92 Å². The van der Waals surface area contributed by atoms with Gasteiger partial charge in [0.05, 0.1) is 7.11 Å². The zero-order valence-corrected chi connectivity index (χ0v) is 11.4. The van der Waals surface area contributed by atoms with Crippen LogP contribution in [0.3, 0.4) is 0 Å². The molecule has 1 fully saturated rings. The van der Waals surface area contributed by atoms with Crippen molar-refractivity contribution in [2.24, 2.45) is 5.92 Å². The number of rotatable bonds is 6. The molecule has 100 valence electrons. The van der Waals surface area contributed by atoms with Crippen LogP contribution in [-0.4, -0.2) is 29.7 Å². The van der Waals surface area contributed by atoms with Crippen LogP contribution in [0.4, 0.5) is 11.8 Å². The average molecular weight is 250 g/mol. The zero-order chi connectivity index (χ0) is 13.1. The number of aromatic nitrogens is 2. The number of methoxy groups -OCH3 is 1. The van der Waals surface area contributed by atoms with Crippen LogP contribution in [0.2, 0.25) is 0 Å². The first-order chi connectivity index (χ1) is 8.60. The Morgan fingerprint density at radius 2 is 2.17 bits per heavy atom. The summed E-state index contributed by atoms with van der Waals surface area (Å²) in [5, 5.41) is 0. The predicted octanol–water partition coefficient (Wildman–Crippen LogP) is 2.08. The molecule has 0 radical (unpaired) electrons. The molecule has 1 aromatic heterocycles. The van der Waals surface area contributed by atoms with Crippen molar-refractivity contribution in [2.75, 3.05) is 24.3 Å². The monoisotopic (exact) mass is 250 g/mol. The van der Waals surface area contributed by atoms with Crippen molar-refractivity contribution in [3.05, 3.63) is 6.07 Å². The Labute approximate surface area is 108 Å². The molecule has 2 rings (SSSR count). The van der Waals surface area contributed by atoms with E-state index < -0.39 is 0 Å². The van der Waals surface area contributed by atoms with Crippen LogP contribution >= 0.6 is 0 Å². The minimum atomic E-state index is 0.277. The summed E-state index contributed by atoms with van der Waals surface area (Å²) in [6.45, 7) is 5.49. The van der Waals surface area contributed by atoms with Gasteiger partial charge in [0.1, 0.15) is 5.82 Å². The first kappa shape index (κ1) is 12.9. The van der Waals surface area contributed by atoms with Crippen molar-refractivity contribution >= 4 is 11.8 Å². The predicted molar refractivity (Wildman–Crippen MR) is 72.8 cm³/mol. The summed E-state index contributed by atoms with van der Waals surface area (Å²) in [5.74, 6) is 2.39. The Kier molecular flexibility index (Phi) is 3.89. The Bertz CT molecular complexity index is 404. The summed E-state index contributed by atoms with van der Waals surface area (Å²) >= 11 is 0. The van der Waals surface area contributed by atoms with E-state index in [9.17, 15) is 0 Å². The van der Waals surface area contributed by atoms with Gasteiger partial charge in [-0.2, -0.15) is 9.97 Å². The summed E-state index contributed by atoms with van der Waals surface area (Å²) < 4.78 is 5.15. The van der Waals surface area contributed by atoms with Gasteiger partial charge < -0.3 is 15.4 Å². The van der Waals surface area contributed by atoms with E-state index in [1.54, 1.807) is 7.11 Å².